The molecule has 1 amide bonds. The Morgan fingerprint density at radius 3 is 2.84 bits per heavy atom. The highest BCUT2D eigenvalue weighted by Gasteiger charge is 2.10. The van der Waals surface area contributed by atoms with Gasteiger partial charge in [0.15, 0.2) is 5.76 Å². The van der Waals surface area contributed by atoms with Crippen LogP contribution >= 0.6 is 11.8 Å². The number of hydrogen-bond acceptors (Lipinski definition) is 5. The lowest BCUT2D eigenvalue weighted by Crippen LogP contribution is -2.29. The smallest absolute Gasteiger partial charge is 0.300 e. The van der Waals surface area contributed by atoms with E-state index in [-0.39, 0.29) is 5.76 Å². The molecule has 1 aromatic heterocycles. The zero-order valence-corrected chi connectivity index (χ0v) is 11.3. The molecule has 6 heteroatoms. The summed E-state index contributed by atoms with van der Waals surface area (Å²) in [5.74, 6) is 6.10. The van der Waals surface area contributed by atoms with Crippen LogP contribution in [-0.2, 0) is 5.75 Å². The van der Waals surface area contributed by atoms with Gasteiger partial charge in [0.25, 0.3) is 0 Å². The molecule has 0 fully saturated rings. The SMILES string of the molecule is Cc1ccc(SCc2ccc(C(=O)NN)o2)c(N)c1. The van der Waals surface area contributed by atoms with Crippen LogP contribution in [0.25, 0.3) is 0 Å². The second-order valence-corrected chi connectivity index (χ2v) is 5.09. The minimum Gasteiger partial charge on any atom is -0.455 e. The van der Waals surface area contributed by atoms with Crippen molar-refractivity contribution in [2.45, 2.75) is 17.6 Å². The number of amides is 1. The molecule has 0 aliphatic heterocycles. The number of hydrazine groups is 1. The van der Waals surface area contributed by atoms with Crippen molar-refractivity contribution in [2.24, 2.45) is 5.84 Å². The van der Waals surface area contributed by atoms with E-state index < -0.39 is 5.91 Å². The number of aryl methyl sites for hydroxylation is 1. The average molecular weight is 277 g/mol. The monoisotopic (exact) mass is 277 g/mol. The number of carbonyl (C=O) groups is 1. The van der Waals surface area contributed by atoms with Crippen molar-refractivity contribution in [3.8, 4) is 0 Å². The van der Waals surface area contributed by atoms with Crippen molar-refractivity contribution in [3.63, 3.8) is 0 Å². The van der Waals surface area contributed by atoms with Crippen molar-refractivity contribution in [2.75, 3.05) is 5.73 Å². The highest BCUT2D eigenvalue weighted by atomic mass is 32.2. The second kappa shape index (κ2) is 5.81. The Labute approximate surface area is 115 Å². The lowest BCUT2D eigenvalue weighted by Gasteiger charge is -2.05. The van der Waals surface area contributed by atoms with E-state index in [1.807, 2.05) is 30.5 Å². The zero-order valence-electron chi connectivity index (χ0n) is 10.5. The van der Waals surface area contributed by atoms with E-state index in [4.69, 9.17) is 16.0 Å². The Kier molecular flexibility index (Phi) is 4.13. The van der Waals surface area contributed by atoms with Crippen molar-refractivity contribution >= 4 is 23.4 Å². The van der Waals surface area contributed by atoms with Gasteiger partial charge < -0.3 is 10.2 Å². The largest absolute Gasteiger partial charge is 0.455 e. The minimum absolute atomic E-state index is 0.204. The van der Waals surface area contributed by atoms with E-state index in [1.54, 1.807) is 23.9 Å². The highest BCUT2D eigenvalue weighted by molar-refractivity contribution is 7.98. The lowest BCUT2D eigenvalue weighted by molar-refractivity contribution is 0.0924. The summed E-state index contributed by atoms with van der Waals surface area (Å²) in [6.45, 7) is 2.00. The average Bonchev–Trinajstić information content (AvgIpc) is 2.85. The molecule has 0 saturated carbocycles. The molecule has 0 aliphatic rings. The third kappa shape index (κ3) is 3.30. The maximum Gasteiger partial charge on any atom is 0.300 e. The number of thioether (sulfide) groups is 1. The summed E-state index contributed by atoms with van der Waals surface area (Å²) in [5.41, 5.74) is 9.83. The summed E-state index contributed by atoms with van der Waals surface area (Å²) >= 11 is 1.56. The second-order valence-electron chi connectivity index (χ2n) is 4.07. The fraction of sp³-hybridized carbons (Fsp3) is 0.154. The number of nitrogen functional groups attached to an aromatic ring is 2. The van der Waals surface area contributed by atoms with Gasteiger partial charge in [-0.3, -0.25) is 10.2 Å². The van der Waals surface area contributed by atoms with E-state index >= 15 is 0 Å². The van der Waals surface area contributed by atoms with Crippen molar-refractivity contribution < 1.29 is 9.21 Å². The summed E-state index contributed by atoms with van der Waals surface area (Å²) in [6, 6.07) is 9.26. The molecule has 0 aliphatic carbocycles. The van der Waals surface area contributed by atoms with Crippen LogP contribution in [0.2, 0.25) is 0 Å². The molecule has 5 nitrogen and oxygen atoms in total. The molecule has 100 valence electrons. The van der Waals surface area contributed by atoms with Gasteiger partial charge in [-0.25, -0.2) is 5.84 Å². The van der Waals surface area contributed by atoms with Crippen molar-refractivity contribution in [1.29, 1.82) is 0 Å². The molecule has 0 unspecified atom stereocenters. The van der Waals surface area contributed by atoms with Gasteiger partial charge >= 0.3 is 5.91 Å². The molecule has 5 N–H and O–H groups in total. The highest BCUT2D eigenvalue weighted by Crippen LogP contribution is 2.29. The third-order valence-corrected chi connectivity index (χ3v) is 3.66. The van der Waals surface area contributed by atoms with E-state index in [2.05, 4.69) is 0 Å². The number of anilines is 1. The van der Waals surface area contributed by atoms with Gasteiger partial charge in [0.2, 0.25) is 0 Å². The Morgan fingerprint density at radius 2 is 2.16 bits per heavy atom. The van der Waals surface area contributed by atoms with Crippen LogP contribution in [0.5, 0.6) is 0 Å². The first kappa shape index (κ1) is 13.5. The summed E-state index contributed by atoms with van der Waals surface area (Å²) in [5, 5.41) is 0. The van der Waals surface area contributed by atoms with Crippen LogP contribution in [0.3, 0.4) is 0 Å². The van der Waals surface area contributed by atoms with Crippen LogP contribution in [0, 0.1) is 6.92 Å². The summed E-state index contributed by atoms with van der Waals surface area (Å²) in [6.07, 6.45) is 0. The van der Waals surface area contributed by atoms with Gasteiger partial charge in [0.05, 0.1) is 5.75 Å². The van der Waals surface area contributed by atoms with Crippen LogP contribution in [0.15, 0.2) is 39.6 Å². The predicted octanol–water partition coefficient (Wildman–Crippen LogP) is 2.07. The molecule has 1 aromatic carbocycles. The normalized spacial score (nSPS) is 10.4. The van der Waals surface area contributed by atoms with Gasteiger partial charge in [0.1, 0.15) is 5.76 Å². The first-order chi connectivity index (χ1) is 9.10. The van der Waals surface area contributed by atoms with Gasteiger partial charge in [-0.2, -0.15) is 0 Å². The minimum atomic E-state index is -0.439. The fourth-order valence-electron chi connectivity index (χ4n) is 1.60. The first-order valence-corrected chi connectivity index (χ1v) is 6.67. The number of hydrogen-bond donors (Lipinski definition) is 3. The molecule has 0 bridgehead atoms. The Balaban J connectivity index is 2.02. The number of furan rings is 1. The van der Waals surface area contributed by atoms with Crippen molar-refractivity contribution in [3.05, 3.63) is 47.4 Å². The van der Waals surface area contributed by atoms with Gasteiger partial charge in [-0.05, 0) is 36.8 Å². The maximum absolute atomic E-state index is 11.2. The lowest BCUT2D eigenvalue weighted by atomic mass is 10.2. The molecule has 2 aromatic rings. The summed E-state index contributed by atoms with van der Waals surface area (Å²) < 4.78 is 5.37. The predicted molar refractivity (Wildman–Crippen MR) is 75.5 cm³/mol. The quantitative estimate of drug-likeness (QED) is 0.261. The zero-order chi connectivity index (χ0) is 13.8. The van der Waals surface area contributed by atoms with E-state index in [0.717, 1.165) is 16.1 Å². The first-order valence-electron chi connectivity index (χ1n) is 5.68. The number of rotatable bonds is 4. The molecule has 0 spiro atoms. The van der Waals surface area contributed by atoms with Crippen molar-refractivity contribution in [1.82, 2.24) is 5.43 Å². The van der Waals surface area contributed by atoms with E-state index in [9.17, 15) is 4.79 Å². The van der Waals surface area contributed by atoms with Gasteiger partial charge in [-0.15, -0.1) is 11.8 Å². The third-order valence-electron chi connectivity index (χ3n) is 2.55. The molecular formula is C13H15N3O2S. The van der Waals surface area contributed by atoms with Crippen LogP contribution < -0.4 is 17.0 Å². The standard InChI is InChI=1S/C13H15N3O2S/c1-8-2-5-12(10(14)6-8)19-7-9-3-4-11(18-9)13(17)16-15/h2-6H,7,14-15H2,1H3,(H,16,17). The summed E-state index contributed by atoms with van der Waals surface area (Å²) in [4.78, 5) is 12.2. The van der Waals surface area contributed by atoms with Gasteiger partial charge in [-0.1, -0.05) is 6.07 Å². The molecule has 2 rings (SSSR count). The number of nitrogens with two attached hydrogens (primary N) is 2. The molecule has 1 heterocycles. The Hall–Kier alpha value is -1.92. The number of benzene rings is 1. The van der Waals surface area contributed by atoms with Crippen LogP contribution in [0.1, 0.15) is 21.9 Å². The van der Waals surface area contributed by atoms with Crippen LogP contribution in [-0.4, -0.2) is 5.91 Å². The molecule has 0 saturated heterocycles. The van der Waals surface area contributed by atoms with Gasteiger partial charge in [0, 0.05) is 10.6 Å². The summed E-state index contributed by atoms with van der Waals surface area (Å²) in [7, 11) is 0. The molecule has 19 heavy (non-hydrogen) atoms. The molecule has 0 radical (unpaired) electrons. The number of nitrogens with one attached hydrogen (secondary N) is 1. The molecular weight excluding hydrogens is 262 g/mol. The maximum atomic E-state index is 11.2. The van der Waals surface area contributed by atoms with E-state index in [1.165, 1.54) is 0 Å². The van der Waals surface area contributed by atoms with Crippen LogP contribution in [0.4, 0.5) is 5.69 Å². The Bertz CT molecular complexity index is 595. The number of carbonyl (C=O) groups excluding carboxylic acids is 1. The fourth-order valence-corrected chi connectivity index (χ4v) is 2.44. The Morgan fingerprint density at radius 1 is 1.37 bits per heavy atom. The molecule has 0 atom stereocenters. The van der Waals surface area contributed by atoms with E-state index in [0.29, 0.717) is 11.5 Å². The topological polar surface area (TPSA) is 94.3 Å².